The summed E-state index contributed by atoms with van der Waals surface area (Å²) in [5.41, 5.74) is 15.0. The molecule has 1 aliphatic carbocycles. The molecule has 7 nitrogen and oxygen atoms in total. The Bertz CT molecular complexity index is 3010. The number of benzene rings is 5. The van der Waals surface area contributed by atoms with Crippen molar-refractivity contribution in [3.8, 4) is 16.9 Å². The lowest BCUT2D eigenvalue weighted by Crippen LogP contribution is -2.30. The first-order chi connectivity index (χ1) is 38.6. The van der Waals surface area contributed by atoms with Gasteiger partial charge in [-0.25, -0.2) is 0 Å². The summed E-state index contributed by atoms with van der Waals surface area (Å²) in [5, 5.41) is 3.38. The van der Waals surface area contributed by atoms with Crippen molar-refractivity contribution < 1.29 is 14.2 Å². The van der Waals surface area contributed by atoms with Crippen LogP contribution in [0, 0.1) is 0 Å². The smallest absolute Gasteiger partial charge is 0.119 e. The Balaban J connectivity index is 1.16. The van der Waals surface area contributed by atoms with Crippen LogP contribution in [0.2, 0.25) is 0 Å². The SMILES string of the molecule is C=C/C=C(\C=C/CN(c1ccc(OC)cc1)c1ccc(-c2ccc(N(C)c3ccc(C4(c5ccc(N(C\C=C/C(=C\C)C(/C=C)=C/C=C/NC(/C=C\COC)=C/CC)/C(C)=C/C=C\C)cc5)CCCCC4)cc3)cc2)cc1)OC. The maximum Gasteiger partial charge on any atom is 0.119 e. The highest BCUT2D eigenvalue weighted by molar-refractivity contribution is 5.73. The van der Waals surface area contributed by atoms with E-state index in [2.05, 4.69) is 232 Å². The van der Waals surface area contributed by atoms with Crippen LogP contribution in [-0.2, 0) is 14.9 Å². The Hall–Kier alpha value is -8.26. The van der Waals surface area contributed by atoms with Crippen LogP contribution in [-0.4, -0.2) is 48.1 Å². The number of allylic oxidation sites excluding steroid dienone is 16. The first kappa shape index (κ1) is 60.0. The van der Waals surface area contributed by atoms with Crippen LogP contribution >= 0.6 is 0 Å². The average molecular weight is 1050 g/mol. The van der Waals surface area contributed by atoms with Crippen LogP contribution in [0.25, 0.3) is 11.1 Å². The summed E-state index contributed by atoms with van der Waals surface area (Å²) in [4.78, 5) is 6.93. The molecule has 5 aromatic carbocycles. The minimum Gasteiger partial charge on any atom is -0.497 e. The van der Waals surface area contributed by atoms with Gasteiger partial charge in [-0.05, 0) is 177 Å². The van der Waals surface area contributed by atoms with Crippen LogP contribution in [0.4, 0.5) is 28.4 Å². The first-order valence-corrected chi connectivity index (χ1v) is 27.8. The van der Waals surface area contributed by atoms with Gasteiger partial charge in [-0.3, -0.25) is 0 Å². The van der Waals surface area contributed by atoms with Crippen molar-refractivity contribution in [1.29, 1.82) is 0 Å². The Kier molecular flexibility index (Phi) is 24.2. The lowest BCUT2D eigenvalue weighted by molar-refractivity contribution is 0.234. The molecule has 0 aliphatic heterocycles. The molecule has 0 unspecified atom stereocenters. The summed E-state index contributed by atoms with van der Waals surface area (Å²) in [5.74, 6) is 1.57. The zero-order chi connectivity index (χ0) is 56.2. The second-order valence-corrected chi connectivity index (χ2v) is 19.5. The number of hydrogen-bond donors (Lipinski definition) is 1. The van der Waals surface area contributed by atoms with E-state index in [1.165, 1.54) is 41.8 Å². The van der Waals surface area contributed by atoms with E-state index in [1.54, 1.807) is 27.4 Å². The molecule has 79 heavy (non-hydrogen) atoms. The third kappa shape index (κ3) is 16.9. The summed E-state index contributed by atoms with van der Waals surface area (Å²) in [6, 6.07) is 44.5. The van der Waals surface area contributed by atoms with E-state index in [9.17, 15) is 0 Å². The minimum absolute atomic E-state index is 0.0445. The predicted octanol–water partition coefficient (Wildman–Crippen LogP) is 18.3. The van der Waals surface area contributed by atoms with Gasteiger partial charge in [0.25, 0.3) is 0 Å². The van der Waals surface area contributed by atoms with E-state index in [0.29, 0.717) is 19.7 Å². The highest BCUT2D eigenvalue weighted by Gasteiger charge is 2.36. The van der Waals surface area contributed by atoms with Crippen LogP contribution < -0.4 is 24.8 Å². The molecule has 0 aromatic heterocycles. The van der Waals surface area contributed by atoms with Crippen molar-refractivity contribution in [2.75, 3.05) is 62.8 Å². The molecule has 1 N–H and O–H groups in total. The van der Waals surface area contributed by atoms with E-state index in [1.807, 2.05) is 54.8 Å². The highest BCUT2D eigenvalue weighted by atomic mass is 16.5. The van der Waals surface area contributed by atoms with Gasteiger partial charge in [0, 0.05) is 78.7 Å². The monoisotopic (exact) mass is 1050 g/mol. The number of anilines is 5. The van der Waals surface area contributed by atoms with Crippen molar-refractivity contribution >= 4 is 28.4 Å². The third-order valence-electron chi connectivity index (χ3n) is 14.5. The Morgan fingerprint density at radius 1 is 0.633 bits per heavy atom. The van der Waals surface area contributed by atoms with Gasteiger partial charge in [-0.1, -0.05) is 155 Å². The summed E-state index contributed by atoms with van der Waals surface area (Å²) in [6.07, 6.45) is 41.7. The quantitative estimate of drug-likeness (QED) is 0.0396. The highest BCUT2D eigenvalue weighted by Crippen LogP contribution is 2.46. The lowest BCUT2D eigenvalue weighted by atomic mass is 9.65. The zero-order valence-electron chi connectivity index (χ0n) is 48.2. The van der Waals surface area contributed by atoms with Gasteiger partial charge in [0.1, 0.15) is 11.5 Å². The lowest BCUT2D eigenvalue weighted by Gasteiger charge is -2.39. The summed E-state index contributed by atoms with van der Waals surface area (Å²) < 4.78 is 16.1. The maximum absolute atomic E-state index is 5.49. The molecular weight excluding hydrogens is 969 g/mol. The van der Waals surface area contributed by atoms with Gasteiger partial charge in [-0.2, -0.15) is 0 Å². The van der Waals surface area contributed by atoms with Gasteiger partial charge >= 0.3 is 0 Å². The van der Waals surface area contributed by atoms with Crippen LogP contribution in [0.15, 0.2) is 266 Å². The van der Waals surface area contributed by atoms with Crippen LogP contribution in [0.5, 0.6) is 5.75 Å². The predicted molar refractivity (Wildman–Crippen MR) is 340 cm³/mol. The fourth-order valence-corrected chi connectivity index (χ4v) is 10.1. The molecule has 6 rings (SSSR count). The van der Waals surface area contributed by atoms with Crippen LogP contribution in [0.1, 0.15) is 77.3 Å². The molecule has 0 spiro atoms. The second-order valence-electron chi connectivity index (χ2n) is 19.5. The molecule has 0 amide bonds. The number of rotatable bonds is 28. The topological polar surface area (TPSA) is 49.4 Å². The van der Waals surface area contributed by atoms with Crippen molar-refractivity contribution in [2.45, 2.75) is 71.6 Å². The number of nitrogens with zero attached hydrogens (tertiary/aromatic N) is 3. The van der Waals surface area contributed by atoms with Crippen LogP contribution in [0.3, 0.4) is 0 Å². The van der Waals surface area contributed by atoms with E-state index in [0.717, 1.165) is 81.5 Å². The fraction of sp³-hybridized carbons (Fsp3) is 0.250. The molecule has 1 saturated carbocycles. The molecule has 1 aliphatic rings. The van der Waals surface area contributed by atoms with Gasteiger partial charge in [0.05, 0.1) is 20.8 Å². The molecule has 5 aromatic rings. The van der Waals surface area contributed by atoms with Crippen molar-refractivity contribution in [1.82, 2.24) is 5.32 Å². The molecule has 1 fully saturated rings. The molecule has 0 saturated heterocycles. The van der Waals surface area contributed by atoms with Gasteiger partial charge in [0.2, 0.25) is 0 Å². The summed E-state index contributed by atoms with van der Waals surface area (Å²) in [7, 11) is 7.21. The van der Waals surface area contributed by atoms with E-state index < -0.39 is 0 Å². The number of ether oxygens (including phenoxy) is 3. The van der Waals surface area contributed by atoms with Crippen molar-refractivity contribution in [3.63, 3.8) is 0 Å². The zero-order valence-corrected chi connectivity index (χ0v) is 48.2. The molecule has 0 bridgehead atoms. The first-order valence-electron chi connectivity index (χ1n) is 27.8. The van der Waals surface area contributed by atoms with E-state index in [-0.39, 0.29) is 5.41 Å². The summed E-state index contributed by atoms with van der Waals surface area (Å²) >= 11 is 0. The largest absolute Gasteiger partial charge is 0.497 e. The third-order valence-corrected chi connectivity index (χ3v) is 14.5. The second kappa shape index (κ2) is 31.8. The fourth-order valence-electron chi connectivity index (χ4n) is 10.1. The van der Waals surface area contributed by atoms with Gasteiger partial charge < -0.3 is 34.2 Å². The molecular formula is C72H84N4O3. The minimum atomic E-state index is -0.0445. The van der Waals surface area contributed by atoms with E-state index >= 15 is 0 Å². The Labute approximate surface area is 474 Å². The summed E-state index contributed by atoms with van der Waals surface area (Å²) in [6.45, 7) is 18.3. The normalized spacial score (nSPS) is 14.7. The maximum atomic E-state index is 5.49. The molecule has 0 radical (unpaired) electrons. The van der Waals surface area contributed by atoms with Crippen molar-refractivity contribution in [3.05, 3.63) is 277 Å². The average Bonchev–Trinajstić information content (AvgIpc) is 3.55. The number of hydrogen-bond acceptors (Lipinski definition) is 7. The molecule has 410 valence electrons. The van der Waals surface area contributed by atoms with E-state index in [4.69, 9.17) is 14.2 Å². The number of nitrogens with one attached hydrogen (secondary N) is 1. The number of methoxy groups -OCH3 is 3. The molecule has 0 heterocycles. The van der Waals surface area contributed by atoms with Crippen molar-refractivity contribution in [2.24, 2.45) is 0 Å². The molecule has 0 atom stereocenters. The standard InChI is InChI=1S/C72H84N4O3/c1-11-16-26-57(6)75(54-21-28-59(15-5)58(14-4)27-20-53-73-64(24-12-2)29-23-56-77-8)67-45-37-63(38-46-67)72(51-18-17-19-52-72)62-35-43-66(44-36-62)74(7)65-39-31-60(32-40-65)61-33-41-68(42-34-61)76(55-22-30-70(78-9)25-13-3)69-47-49-71(79-10)50-48-69/h11,13-16,20-50,53,73H,3-4,12,17-19,51-52,54-56H2,1-2,5-10H3/b16-11-,28-21-,29-23-,30-22-,53-20+,57-26+,58-27+,59-15+,64-24+,70-25+. The molecule has 7 heteroatoms. The Morgan fingerprint density at radius 2 is 1.22 bits per heavy atom. The van der Waals surface area contributed by atoms with Gasteiger partial charge in [0.15, 0.2) is 0 Å². The van der Waals surface area contributed by atoms with Gasteiger partial charge in [-0.15, -0.1) is 0 Å². The Morgan fingerprint density at radius 3 is 1.76 bits per heavy atom.